The predicted molar refractivity (Wildman–Crippen MR) is 101 cm³/mol. The molecular weight excluding hydrogens is 367 g/mol. The molecule has 1 aromatic carbocycles. The molecule has 1 aliphatic rings. The van der Waals surface area contributed by atoms with Crippen LogP contribution < -0.4 is 5.32 Å². The number of aryl methyl sites for hydroxylation is 2. The molecule has 0 atom stereocenters. The Bertz CT molecular complexity index is 951. The molecule has 1 aliphatic carbocycles. The Labute approximate surface area is 158 Å². The van der Waals surface area contributed by atoms with Crippen LogP contribution >= 0.6 is 0 Å². The van der Waals surface area contributed by atoms with E-state index in [1.807, 2.05) is 6.92 Å². The first-order valence-electron chi connectivity index (χ1n) is 8.95. The van der Waals surface area contributed by atoms with E-state index in [1.54, 1.807) is 31.3 Å². The zero-order valence-corrected chi connectivity index (χ0v) is 16.2. The van der Waals surface area contributed by atoms with Crippen molar-refractivity contribution in [3.8, 4) is 0 Å². The molecule has 2 aromatic rings. The van der Waals surface area contributed by atoms with E-state index in [0.29, 0.717) is 5.56 Å². The Hall–Kier alpha value is -2.28. The van der Waals surface area contributed by atoms with Gasteiger partial charge in [0.25, 0.3) is 5.91 Å². The summed E-state index contributed by atoms with van der Waals surface area (Å²) >= 11 is 0. The molecule has 0 radical (unpaired) electrons. The van der Waals surface area contributed by atoms with Crippen molar-refractivity contribution >= 4 is 15.7 Å². The number of hydrogen-bond acceptors (Lipinski definition) is 4. The van der Waals surface area contributed by atoms with Crippen LogP contribution in [0.3, 0.4) is 0 Å². The molecular formula is C20H23FN2O3S. The van der Waals surface area contributed by atoms with Crippen LogP contribution in [0.1, 0.15) is 47.2 Å². The van der Waals surface area contributed by atoms with Crippen LogP contribution in [0, 0.1) is 13.8 Å². The van der Waals surface area contributed by atoms with Gasteiger partial charge in [0.15, 0.2) is 0 Å². The van der Waals surface area contributed by atoms with Crippen LogP contribution in [0.4, 0.5) is 4.39 Å². The van der Waals surface area contributed by atoms with Crippen molar-refractivity contribution in [3.05, 3.63) is 59.4 Å². The van der Waals surface area contributed by atoms with Crippen molar-refractivity contribution in [1.82, 2.24) is 10.3 Å². The van der Waals surface area contributed by atoms with E-state index in [-0.39, 0.29) is 42.5 Å². The average Bonchev–Trinajstić information content (AvgIpc) is 2.64. The standard InChI is InChI=1S/C20H23FN2O3S/c1-14-4-3-5-17(12-14)27(25,26)20(21)9-6-16(7-10-20)23-19(24)18-13-22-11-8-15(18)2/h3-5,8,11-13,16H,6-7,9-10H2,1-2H3,(H,23,24). The molecule has 1 saturated carbocycles. The number of carbonyl (C=O) groups is 1. The molecule has 1 N–H and O–H groups in total. The van der Waals surface area contributed by atoms with Crippen molar-refractivity contribution in [1.29, 1.82) is 0 Å². The topological polar surface area (TPSA) is 76.1 Å². The molecule has 0 aliphatic heterocycles. The first-order valence-corrected chi connectivity index (χ1v) is 10.4. The number of benzene rings is 1. The number of aromatic nitrogens is 1. The molecule has 0 bridgehead atoms. The molecule has 1 amide bonds. The number of nitrogens with zero attached hydrogens (tertiary/aromatic N) is 1. The molecule has 3 rings (SSSR count). The predicted octanol–water partition coefficient (Wildman–Crippen LogP) is 3.51. The van der Waals surface area contributed by atoms with Crippen LogP contribution in [0.25, 0.3) is 0 Å². The molecule has 5 nitrogen and oxygen atoms in total. The van der Waals surface area contributed by atoms with Gasteiger partial charge < -0.3 is 5.32 Å². The summed E-state index contributed by atoms with van der Waals surface area (Å²) in [5, 5.41) is 0.574. The van der Waals surface area contributed by atoms with E-state index in [2.05, 4.69) is 10.3 Å². The van der Waals surface area contributed by atoms with E-state index in [0.717, 1.165) is 11.1 Å². The van der Waals surface area contributed by atoms with Crippen LogP contribution in [0.2, 0.25) is 0 Å². The smallest absolute Gasteiger partial charge is 0.253 e. The van der Waals surface area contributed by atoms with Gasteiger partial charge in [0.1, 0.15) is 0 Å². The van der Waals surface area contributed by atoms with Crippen LogP contribution in [0.5, 0.6) is 0 Å². The molecule has 0 saturated heterocycles. The molecule has 0 unspecified atom stereocenters. The minimum atomic E-state index is -4.08. The third-order valence-corrected chi connectivity index (χ3v) is 7.38. The maximum absolute atomic E-state index is 15.4. The van der Waals surface area contributed by atoms with Crippen molar-refractivity contribution in [2.24, 2.45) is 0 Å². The zero-order chi connectivity index (χ0) is 19.7. The lowest BCUT2D eigenvalue weighted by Gasteiger charge is -2.34. The van der Waals surface area contributed by atoms with Crippen molar-refractivity contribution in [2.75, 3.05) is 0 Å². The first-order chi connectivity index (χ1) is 12.7. The highest BCUT2D eigenvalue weighted by atomic mass is 32.2. The molecule has 144 valence electrons. The monoisotopic (exact) mass is 390 g/mol. The number of alkyl halides is 1. The van der Waals surface area contributed by atoms with Gasteiger partial charge in [0.2, 0.25) is 14.8 Å². The summed E-state index contributed by atoms with van der Waals surface area (Å²) in [6.45, 7) is 3.59. The number of sulfone groups is 1. The third-order valence-electron chi connectivity index (χ3n) is 5.13. The molecule has 0 spiro atoms. The summed E-state index contributed by atoms with van der Waals surface area (Å²) in [6.07, 6.45) is 3.37. The third kappa shape index (κ3) is 3.88. The largest absolute Gasteiger partial charge is 0.349 e. The summed E-state index contributed by atoms with van der Waals surface area (Å²) in [6, 6.07) is 7.81. The number of hydrogen-bond donors (Lipinski definition) is 1. The number of pyridine rings is 1. The maximum atomic E-state index is 15.4. The van der Waals surface area contributed by atoms with Gasteiger partial charge in [-0.3, -0.25) is 9.78 Å². The fraction of sp³-hybridized carbons (Fsp3) is 0.400. The summed E-state index contributed by atoms with van der Waals surface area (Å²) in [5.74, 6) is -0.265. The number of halogens is 1. The Morgan fingerprint density at radius 3 is 2.56 bits per heavy atom. The van der Waals surface area contributed by atoms with Gasteiger partial charge in [-0.25, -0.2) is 12.8 Å². The Balaban J connectivity index is 1.69. The lowest BCUT2D eigenvalue weighted by Crippen LogP contribution is -2.45. The fourth-order valence-electron chi connectivity index (χ4n) is 3.42. The second-order valence-electron chi connectivity index (χ2n) is 7.14. The summed E-state index contributed by atoms with van der Waals surface area (Å²) < 4.78 is 40.9. The highest BCUT2D eigenvalue weighted by Gasteiger charge is 2.47. The van der Waals surface area contributed by atoms with E-state index >= 15 is 4.39 Å². The number of carbonyl (C=O) groups excluding carboxylic acids is 1. The number of nitrogens with one attached hydrogen (secondary N) is 1. The van der Waals surface area contributed by atoms with Crippen molar-refractivity contribution in [3.63, 3.8) is 0 Å². The van der Waals surface area contributed by atoms with Crippen molar-refractivity contribution < 1.29 is 17.6 Å². The first kappa shape index (κ1) is 19.5. The summed E-state index contributed by atoms with van der Waals surface area (Å²) in [4.78, 5) is 16.4. The van der Waals surface area contributed by atoms with Gasteiger partial charge >= 0.3 is 0 Å². The fourth-order valence-corrected chi connectivity index (χ4v) is 5.21. The van der Waals surface area contributed by atoms with Crippen LogP contribution in [-0.2, 0) is 9.84 Å². The van der Waals surface area contributed by atoms with Gasteiger partial charge in [-0.15, -0.1) is 0 Å². The second kappa shape index (κ2) is 7.38. The van der Waals surface area contributed by atoms with Crippen LogP contribution in [0.15, 0.2) is 47.6 Å². The summed E-state index contributed by atoms with van der Waals surface area (Å²) in [7, 11) is -4.08. The van der Waals surface area contributed by atoms with E-state index in [1.165, 1.54) is 18.3 Å². The van der Waals surface area contributed by atoms with Crippen molar-refractivity contribution in [2.45, 2.75) is 55.5 Å². The normalized spacial score (nSPS) is 23.0. The summed E-state index contributed by atoms with van der Waals surface area (Å²) in [5.41, 5.74) is 2.05. The number of amides is 1. The van der Waals surface area contributed by atoms with E-state index < -0.39 is 14.8 Å². The Morgan fingerprint density at radius 2 is 1.93 bits per heavy atom. The molecule has 1 aromatic heterocycles. The van der Waals surface area contributed by atoms with E-state index in [9.17, 15) is 13.2 Å². The van der Waals surface area contributed by atoms with Gasteiger partial charge in [-0.2, -0.15) is 0 Å². The molecule has 7 heteroatoms. The lowest BCUT2D eigenvalue weighted by molar-refractivity contribution is 0.0905. The maximum Gasteiger partial charge on any atom is 0.253 e. The molecule has 1 fully saturated rings. The van der Waals surface area contributed by atoms with Gasteiger partial charge in [0, 0.05) is 18.4 Å². The highest BCUT2D eigenvalue weighted by Crippen LogP contribution is 2.40. The average molecular weight is 390 g/mol. The minimum absolute atomic E-state index is 0.0125. The Morgan fingerprint density at radius 1 is 1.22 bits per heavy atom. The Kier molecular flexibility index (Phi) is 5.33. The van der Waals surface area contributed by atoms with E-state index in [4.69, 9.17) is 0 Å². The van der Waals surface area contributed by atoms with Gasteiger partial charge in [-0.1, -0.05) is 12.1 Å². The SMILES string of the molecule is Cc1cccc(S(=O)(=O)C2(F)CCC(NC(=O)c3cnccc3C)CC2)c1. The highest BCUT2D eigenvalue weighted by molar-refractivity contribution is 7.92. The molecule has 1 heterocycles. The minimum Gasteiger partial charge on any atom is -0.349 e. The molecule has 27 heavy (non-hydrogen) atoms. The quantitative estimate of drug-likeness (QED) is 0.867. The van der Waals surface area contributed by atoms with Gasteiger partial charge in [-0.05, 0) is 68.9 Å². The van der Waals surface area contributed by atoms with Gasteiger partial charge in [0.05, 0.1) is 10.5 Å². The number of rotatable bonds is 4. The van der Waals surface area contributed by atoms with Crippen LogP contribution in [-0.4, -0.2) is 30.4 Å². The second-order valence-corrected chi connectivity index (χ2v) is 9.35. The zero-order valence-electron chi connectivity index (χ0n) is 15.4. The lowest BCUT2D eigenvalue weighted by atomic mass is 9.93.